The van der Waals surface area contributed by atoms with E-state index in [1.807, 2.05) is 42.5 Å². The summed E-state index contributed by atoms with van der Waals surface area (Å²) in [5, 5.41) is 18.3. The highest BCUT2D eigenvalue weighted by atomic mass is 16.4. The Morgan fingerprint density at radius 1 is 1.10 bits per heavy atom. The van der Waals surface area contributed by atoms with Crippen LogP contribution in [0.4, 0.5) is 5.69 Å². The molecule has 2 atom stereocenters. The molecule has 5 nitrogen and oxygen atoms in total. The van der Waals surface area contributed by atoms with Gasteiger partial charge in [-0.3, -0.25) is 4.79 Å². The molecule has 2 aliphatic rings. The minimum Gasteiger partial charge on any atom is -0.478 e. The molecule has 3 aromatic carbocycles. The minimum absolute atomic E-state index is 0.0544. The Morgan fingerprint density at radius 3 is 2.60 bits per heavy atom. The van der Waals surface area contributed by atoms with E-state index in [1.54, 1.807) is 35.2 Å². The number of fused-ring (bicyclic) bond motifs is 2. The Kier molecular flexibility index (Phi) is 3.97. The molecule has 0 bridgehead atoms. The van der Waals surface area contributed by atoms with Crippen LogP contribution in [0.1, 0.15) is 45.0 Å². The summed E-state index contributed by atoms with van der Waals surface area (Å²) < 4.78 is 0. The average molecular weight is 394 g/mol. The predicted molar refractivity (Wildman–Crippen MR) is 111 cm³/mol. The van der Waals surface area contributed by atoms with E-state index in [2.05, 4.69) is 6.07 Å². The van der Waals surface area contributed by atoms with Gasteiger partial charge in [-0.05, 0) is 53.4 Å². The second-order valence-electron chi connectivity index (χ2n) is 7.88. The normalized spacial score (nSPS) is 21.4. The number of hydrogen-bond acceptors (Lipinski definition) is 3. The number of anilines is 1. The molecule has 5 rings (SSSR count). The van der Waals surface area contributed by atoms with Crippen molar-refractivity contribution in [3.63, 3.8) is 0 Å². The molecule has 1 heterocycles. The first-order chi connectivity index (χ1) is 14.5. The molecule has 0 radical (unpaired) electrons. The number of carbonyl (C=O) groups is 2. The van der Waals surface area contributed by atoms with E-state index in [4.69, 9.17) is 5.26 Å². The maximum atomic E-state index is 13.6. The van der Waals surface area contributed by atoms with Crippen LogP contribution >= 0.6 is 0 Å². The molecule has 3 aromatic rings. The third-order valence-corrected chi connectivity index (χ3v) is 6.22. The number of benzene rings is 3. The zero-order valence-corrected chi connectivity index (χ0v) is 16.1. The standard InChI is InChI=1S/C25H18N2O3/c26-14-16-8-10-18(11-9-16)21-13-25(21)20-6-1-2-7-22(20)27(24(25)30)15-17-4-3-5-19(12-17)23(28)29/h1-12,21H,13,15H2,(H,28,29)/t21-,25?/m0/s1. The van der Waals surface area contributed by atoms with Gasteiger partial charge in [-0.1, -0.05) is 42.5 Å². The Morgan fingerprint density at radius 2 is 1.87 bits per heavy atom. The summed E-state index contributed by atoms with van der Waals surface area (Å²) in [6, 6.07) is 24.2. The first-order valence-electron chi connectivity index (χ1n) is 9.78. The largest absolute Gasteiger partial charge is 0.478 e. The van der Waals surface area contributed by atoms with E-state index in [0.717, 1.165) is 28.8 Å². The monoisotopic (exact) mass is 394 g/mol. The lowest BCUT2D eigenvalue weighted by Gasteiger charge is -2.19. The first kappa shape index (κ1) is 18.1. The highest BCUT2D eigenvalue weighted by Gasteiger charge is 2.66. The van der Waals surface area contributed by atoms with Crippen molar-refractivity contribution in [2.24, 2.45) is 0 Å². The molecule has 1 saturated carbocycles. The van der Waals surface area contributed by atoms with Gasteiger partial charge in [-0.15, -0.1) is 0 Å². The molecule has 30 heavy (non-hydrogen) atoms. The fourth-order valence-corrected chi connectivity index (χ4v) is 4.68. The fraction of sp³-hybridized carbons (Fsp3) is 0.160. The zero-order chi connectivity index (χ0) is 20.9. The molecular formula is C25H18N2O3. The van der Waals surface area contributed by atoms with E-state index in [-0.39, 0.29) is 17.4 Å². The van der Waals surface area contributed by atoms with Gasteiger partial charge in [0.25, 0.3) is 0 Å². The summed E-state index contributed by atoms with van der Waals surface area (Å²) in [5.41, 5.74) is 4.00. The van der Waals surface area contributed by atoms with E-state index < -0.39 is 11.4 Å². The zero-order valence-electron chi connectivity index (χ0n) is 16.1. The van der Waals surface area contributed by atoms with Gasteiger partial charge in [0, 0.05) is 11.6 Å². The van der Waals surface area contributed by atoms with Crippen LogP contribution in [0.5, 0.6) is 0 Å². The highest BCUT2D eigenvalue weighted by Crippen LogP contribution is 2.66. The van der Waals surface area contributed by atoms with Crippen molar-refractivity contribution in [1.82, 2.24) is 0 Å². The van der Waals surface area contributed by atoms with Gasteiger partial charge in [0.05, 0.1) is 29.2 Å². The summed E-state index contributed by atoms with van der Waals surface area (Å²) in [6.45, 7) is 0.332. The highest BCUT2D eigenvalue weighted by molar-refractivity contribution is 6.11. The van der Waals surface area contributed by atoms with E-state index in [9.17, 15) is 14.7 Å². The number of rotatable bonds is 4. The van der Waals surface area contributed by atoms with E-state index in [1.165, 1.54) is 0 Å². The topological polar surface area (TPSA) is 81.4 Å². The summed E-state index contributed by atoms with van der Waals surface area (Å²) in [6.07, 6.45) is 0.737. The smallest absolute Gasteiger partial charge is 0.335 e. The molecule has 1 aliphatic carbocycles. The third-order valence-electron chi connectivity index (χ3n) is 6.22. The van der Waals surface area contributed by atoms with Crippen molar-refractivity contribution in [1.29, 1.82) is 5.26 Å². The van der Waals surface area contributed by atoms with Gasteiger partial charge < -0.3 is 10.0 Å². The van der Waals surface area contributed by atoms with Crippen molar-refractivity contribution in [3.8, 4) is 6.07 Å². The lowest BCUT2D eigenvalue weighted by Crippen LogP contribution is -2.32. The lowest BCUT2D eigenvalue weighted by atomic mass is 9.92. The SMILES string of the molecule is N#Cc1ccc([C@@H]2CC23C(=O)N(Cc2cccc(C(=O)O)c2)c2ccccc23)cc1. The van der Waals surface area contributed by atoms with Crippen LogP contribution < -0.4 is 4.90 Å². The number of amides is 1. The van der Waals surface area contributed by atoms with Gasteiger partial charge in [0.15, 0.2) is 0 Å². The Hall–Kier alpha value is -3.91. The molecular weight excluding hydrogens is 376 g/mol. The molecule has 0 aromatic heterocycles. The molecule has 1 N–H and O–H groups in total. The van der Waals surface area contributed by atoms with Crippen LogP contribution in [0.2, 0.25) is 0 Å². The fourth-order valence-electron chi connectivity index (χ4n) is 4.68. The molecule has 5 heteroatoms. The quantitative estimate of drug-likeness (QED) is 0.718. The second-order valence-corrected chi connectivity index (χ2v) is 7.88. The predicted octanol–water partition coefficient (Wildman–Crippen LogP) is 4.23. The number of aromatic carboxylic acids is 1. The van der Waals surface area contributed by atoms with Crippen molar-refractivity contribution in [3.05, 3.63) is 101 Å². The molecule has 1 aliphatic heterocycles. The van der Waals surface area contributed by atoms with Crippen LogP contribution in [0, 0.1) is 11.3 Å². The van der Waals surface area contributed by atoms with Crippen molar-refractivity contribution >= 4 is 17.6 Å². The van der Waals surface area contributed by atoms with Crippen LogP contribution in [0.15, 0.2) is 72.8 Å². The van der Waals surface area contributed by atoms with Gasteiger partial charge in [-0.2, -0.15) is 5.26 Å². The Balaban J connectivity index is 1.50. The number of nitriles is 1. The number of carboxylic acids is 1. The first-order valence-corrected chi connectivity index (χ1v) is 9.78. The van der Waals surface area contributed by atoms with Gasteiger partial charge in [-0.25, -0.2) is 4.79 Å². The van der Waals surface area contributed by atoms with Crippen molar-refractivity contribution in [2.75, 3.05) is 4.90 Å². The van der Waals surface area contributed by atoms with Gasteiger partial charge >= 0.3 is 5.97 Å². The van der Waals surface area contributed by atoms with Crippen LogP contribution in [-0.2, 0) is 16.8 Å². The molecule has 1 amide bonds. The number of carbonyl (C=O) groups excluding carboxylic acids is 1. The maximum Gasteiger partial charge on any atom is 0.335 e. The summed E-state index contributed by atoms with van der Waals surface area (Å²) >= 11 is 0. The molecule has 146 valence electrons. The second kappa shape index (κ2) is 6.57. The Labute approximate surface area is 173 Å². The molecule has 1 fully saturated rings. The lowest BCUT2D eigenvalue weighted by molar-refractivity contribution is -0.120. The van der Waals surface area contributed by atoms with Gasteiger partial charge in [0.2, 0.25) is 5.91 Å². The number of nitrogens with zero attached hydrogens (tertiary/aromatic N) is 2. The van der Waals surface area contributed by atoms with Crippen LogP contribution in [-0.4, -0.2) is 17.0 Å². The molecule has 1 unspecified atom stereocenters. The minimum atomic E-state index is -0.982. The summed E-state index contributed by atoms with van der Waals surface area (Å²) in [7, 11) is 0. The third kappa shape index (κ3) is 2.61. The maximum absolute atomic E-state index is 13.6. The summed E-state index contributed by atoms with van der Waals surface area (Å²) in [5.74, 6) is -0.849. The van der Waals surface area contributed by atoms with Crippen LogP contribution in [0.25, 0.3) is 0 Å². The Bertz CT molecular complexity index is 1230. The van der Waals surface area contributed by atoms with E-state index >= 15 is 0 Å². The molecule has 1 spiro atoms. The summed E-state index contributed by atoms with van der Waals surface area (Å²) in [4.78, 5) is 26.7. The molecule has 0 saturated heterocycles. The van der Waals surface area contributed by atoms with Crippen molar-refractivity contribution in [2.45, 2.75) is 24.3 Å². The van der Waals surface area contributed by atoms with E-state index in [0.29, 0.717) is 12.1 Å². The number of carboxylic acid groups (broad SMARTS) is 1. The van der Waals surface area contributed by atoms with Gasteiger partial charge in [0.1, 0.15) is 0 Å². The number of hydrogen-bond donors (Lipinski definition) is 1. The van der Waals surface area contributed by atoms with Crippen LogP contribution in [0.3, 0.4) is 0 Å². The average Bonchev–Trinajstić information content (AvgIpc) is 3.49. The number of para-hydroxylation sites is 1. The van der Waals surface area contributed by atoms with Crippen molar-refractivity contribution < 1.29 is 14.7 Å².